The molecule has 2 heterocycles. The van der Waals surface area contributed by atoms with E-state index in [1.54, 1.807) is 17.5 Å². The Labute approximate surface area is 187 Å². The quantitative estimate of drug-likeness (QED) is 0.696. The second-order valence-electron chi connectivity index (χ2n) is 7.76. The molecule has 10 heteroatoms. The number of fused-ring (bicyclic) bond motifs is 1. The van der Waals surface area contributed by atoms with Crippen molar-refractivity contribution in [3.05, 3.63) is 40.6 Å². The molecule has 2 aliphatic rings. The van der Waals surface area contributed by atoms with E-state index >= 15 is 0 Å². The van der Waals surface area contributed by atoms with Crippen LogP contribution in [0, 0.1) is 0 Å². The van der Waals surface area contributed by atoms with Crippen molar-refractivity contribution in [2.75, 3.05) is 18.1 Å². The summed E-state index contributed by atoms with van der Waals surface area (Å²) in [5.41, 5.74) is -0.0891. The smallest absolute Gasteiger partial charge is 0.471 e. The molecule has 1 aliphatic heterocycles. The number of halogens is 3. The predicted octanol–water partition coefficient (Wildman–Crippen LogP) is 4.60. The number of thiophene rings is 1. The lowest BCUT2D eigenvalue weighted by Crippen LogP contribution is -2.50. The van der Waals surface area contributed by atoms with Crippen LogP contribution < -0.4 is 19.7 Å². The van der Waals surface area contributed by atoms with Gasteiger partial charge in [-0.15, -0.1) is 11.3 Å². The van der Waals surface area contributed by atoms with E-state index in [1.165, 1.54) is 18.2 Å². The minimum Gasteiger partial charge on any atom is -0.486 e. The Balaban J connectivity index is 1.75. The molecule has 1 fully saturated rings. The lowest BCUT2D eigenvalue weighted by atomic mass is 9.95. The number of carbonyl (C=O) groups excluding carboxylic acids is 2. The molecule has 2 amide bonds. The summed E-state index contributed by atoms with van der Waals surface area (Å²) < 4.78 is 51.9. The highest BCUT2D eigenvalue weighted by atomic mass is 32.1. The molecule has 0 radical (unpaired) electrons. The molecule has 1 aromatic heterocycles. The SMILES string of the molecule is O=C(NC1CCCCC1)C(c1cccs1)N(C(=O)C(F)(F)F)c1ccc2c(c1)OCCO2. The normalized spacial score (nSPS) is 17.5. The molecule has 0 spiro atoms. The zero-order valence-corrected chi connectivity index (χ0v) is 18.0. The molecule has 6 nitrogen and oxygen atoms in total. The Kier molecular flexibility index (Phi) is 6.59. The van der Waals surface area contributed by atoms with E-state index in [4.69, 9.17) is 9.47 Å². The molecule has 0 saturated heterocycles. The minimum atomic E-state index is -5.17. The predicted molar refractivity (Wildman–Crippen MR) is 113 cm³/mol. The number of anilines is 1. The fraction of sp³-hybridized carbons (Fsp3) is 0.455. The van der Waals surface area contributed by atoms with Gasteiger partial charge in [0.25, 0.3) is 0 Å². The first kappa shape index (κ1) is 22.4. The van der Waals surface area contributed by atoms with E-state index in [0.29, 0.717) is 22.1 Å². The van der Waals surface area contributed by atoms with Gasteiger partial charge in [-0.3, -0.25) is 14.5 Å². The number of nitrogens with zero attached hydrogens (tertiary/aromatic N) is 1. The summed E-state index contributed by atoms with van der Waals surface area (Å²) in [6.07, 6.45) is -0.686. The van der Waals surface area contributed by atoms with Crippen LogP contribution in [0.5, 0.6) is 11.5 Å². The highest BCUT2D eigenvalue weighted by molar-refractivity contribution is 7.10. The average Bonchev–Trinajstić information content (AvgIpc) is 3.31. The second kappa shape index (κ2) is 9.40. The maximum atomic E-state index is 13.7. The highest BCUT2D eigenvalue weighted by Crippen LogP contribution is 2.39. The van der Waals surface area contributed by atoms with Gasteiger partial charge in [0.2, 0.25) is 5.91 Å². The highest BCUT2D eigenvalue weighted by Gasteiger charge is 2.48. The number of hydrogen-bond donors (Lipinski definition) is 1. The second-order valence-corrected chi connectivity index (χ2v) is 8.74. The Morgan fingerprint density at radius 3 is 2.44 bits per heavy atom. The summed E-state index contributed by atoms with van der Waals surface area (Å²) in [7, 11) is 0. The van der Waals surface area contributed by atoms with Crippen LogP contribution in [0.1, 0.15) is 43.0 Å². The molecule has 1 aliphatic carbocycles. The lowest BCUT2D eigenvalue weighted by Gasteiger charge is -2.33. The van der Waals surface area contributed by atoms with Crippen LogP contribution in [0.4, 0.5) is 18.9 Å². The summed E-state index contributed by atoms with van der Waals surface area (Å²) in [5, 5.41) is 4.54. The zero-order chi connectivity index (χ0) is 22.7. The van der Waals surface area contributed by atoms with Crippen molar-refractivity contribution in [2.24, 2.45) is 0 Å². The number of benzene rings is 1. The van der Waals surface area contributed by atoms with E-state index in [2.05, 4.69) is 5.32 Å². The van der Waals surface area contributed by atoms with Crippen molar-refractivity contribution >= 4 is 28.8 Å². The van der Waals surface area contributed by atoms with Crippen molar-refractivity contribution < 1.29 is 32.2 Å². The molecule has 2 aromatic rings. The first-order chi connectivity index (χ1) is 15.3. The Morgan fingerprint density at radius 1 is 1.06 bits per heavy atom. The minimum absolute atomic E-state index is 0.0891. The van der Waals surface area contributed by atoms with Gasteiger partial charge >= 0.3 is 12.1 Å². The Hall–Kier alpha value is -2.75. The third-order valence-electron chi connectivity index (χ3n) is 5.54. The van der Waals surface area contributed by atoms with Gasteiger partial charge in [-0.1, -0.05) is 25.3 Å². The number of nitrogens with one attached hydrogen (secondary N) is 1. The lowest BCUT2D eigenvalue weighted by molar-refractivity contribution is -0.171. The van der Waals surface area contributed by atoms with Gasteiger partial charge in [0.1, 0.15) is 13.2 Å². The van der Waals surface area contributed by atoms with E-state index in [9.17, 15) is 22.8 Å². The molecule has 1 saturated carbocycles. The molecule has 172 valence electrons. The fourth-order valence-electron chi connectivity index (χ4n) is 4.05. The van der Waals surface area contributed by atoms with Crippen LogP contribution in [-0.4, -0.2) is 37.2 Å². The average molecular weight is 468 g/mol. The van der Waals surface area contributed by atoms with Gasteiger partial charge in [0.05, 0.1) is 0 Å². The Morgan fingerprint density at radius 2 is 1.78 bits per heavy atom. The van der Waals surface area contributed by atoms with Crippen LogP contribution in [0.15, 0.2) is 35.7 Å². The van der Waals surface area contributed by atoms with Crippen LogP contribution in [0.3, 0.4) is 0 Å². The third-order valence-corrected chi connectivity index (χ3v) is 6.46. The monoisotopic (exact) mass is 468 g/mol. The summed E-state index contributed by atoms with van der Waals surface area (Å²) in [5.74, 6) is -2.15. The van der Waals surface area contributed by atoms with Gasteiger partial charge in [0.15, 0.2) is 17.5 Å². The number of rotatable bonds is 5. The summed E-state index contributed by atoms with van der Waals surface area (Å²) in [4.78, 5) is 26.8. The maximum absolute atomic E-state index is 13.7. The van der Waals surface area contributed by atoms with Crippen molar-refractivity contribution in [1.82, 2.24) is 5.32 Å². The van der Waals surface area contributed by atoms with Crippen LogP contribution in [-0.2, 0) is 9.59 Å². The molecule has 1 N–H and O–H groups in total. The number of carbonyl (C=O) groups is 2. The summed E-state index contributed by atoms with van der Waals surface area (Å²) in [6, 6.07) is 5.71. The summed E-state index contributed by atoms with van der Waals surface area (Å²) >= 11 is 1.12. The maximum Gasteiger partial charge on any atom is 0.471 e. The van der Waals surface area contributed by atoms with E-state index in [0.717, 1.165) is 43.4 Å². The fourth-order valence-corrected chi connectivity index (χ4v) is 4.86. The molecule has 32 heavy (non-hydrogen) atoms. The first-order valence-corrected chi connectivity index (χ1v) is 11.4. The number of amides is 2. The number of hydrogen-bond acceptors (Lipinski definition) is 5. The van der Waals surface area contributed by atoms with Gasteiger partial charge in [-0.25, -0.2) is 0 Å². The van der Waals surface area contributed by atoms with Crippen molar-refractivity contribution in [3.8, 4) is 11.5 Å². The molecule has 1 atom stereocenters. The van der Waals surface area contributed by atoms with Crippen molar-refractivity contribution in [3.63, 3.8) is 0 Å². The molecule has 1 aromatic carbocycles. The van der Waals surface area contributed by atoms with Gasteiger partial charge in [-0.2, -0.15) is 13.2 Å². The van der Waals surface area contributed by atoms with E-state index in [-0.39, 0.29) is 24.1 Å². The van der Waals surface area contributed by atoms with E-state index < -0.39 is 24.0 Å². The zero-order valence-electron chi connectivity index (χ0n) is 17.2. The van der Waals surface area contributed by atoms with Crippen molar-refractivity contribution in [1.29, 1.82) is 0 Å². The van der Waals surface area contributed by atoms with Gasteiger partial charge in [0, 0.05) is 22.7 Å². The number of ether oxygens (including phenoxy) is 2. The first-order valence-electron chi connectivity index (χ1n) is 10.5. The molecular formula is C22H23F3N2O4S. The molecule has 1 unspecified atom stereocenters. The summed E-state index contributed by atoms with van der Waals surface area (Å²) in [6.45, 7) is 0.555. The largest absolute Gasteiger partial charge is 0.486 e. The van der Waals surface area contributed by atoms with Crippen molar-refractivity contribution in [2.45, 2.75) is 50.4 Å². The van der Waals surface area contributed by atoms with Gasteiger partial charge in [-0.05, 0) is 36.4 Å². The Bertz CT molecular complexity index is 959. The topological polar surface area (TPSA) is 67.9 Å². The molecular weight excluding hydrogens is 445 g/mol. The van der Waals surface area contributed by atoms with Gasteiger partial charge < -0.3 is 14.8 Å². The van der Waals surface area contributed by atoms with Crippen LogP contribution >= 0.6 is 11.3 Å². The standard InChI is InChI=1S/C22H23F3N2O4S/c23-22(24,25)21(29)27(15-8-9-16-17(13-15)31-11-10-30-16)19(18-7-4-12-32-18)20(28)26-14-5-2-1-3-6-14/h4,7-9,12-14,19H,1-3,5-6,10-11H2,(H,26,28). The number of alkyl halides is 3. The van der Waals surface area contributed by atoms with Crippen LogP contribution in [0.2, 0.25) is 0 Å². The van der Waals surface area contributed by atoms with Crippen LogP contribution in [0.25, 0.3) is 0 Å². The third kappa shape index (κ3) is 4.85. The van der Waals surface area contributed by atoms with E-state index in [1.807, 2.05) is 0 Å². The molecule has 4 rings (SSSR count). The molecule has 0 bridgehead atoms.